The van der Waals surface area contributed by atoms with Gasteiger partial charge in [-0.25, -0.2) is 0 Å². The van der Waals surface area contributed by atoms with Crippen molar-refractivity contribution in [2.24, 2.45) is 0 Å². The highest BCUT2D eigenvalue weighted by Gasteiger charge is 2.42. The number of hydrogen-bond donors (Lipinski definition) is 1. The van der Waals surface area contributed by atoms with Crippen LogP contribution in [0.2, 0.25) is 0 Å². The number of nitrogens with zero attached hydrogens (tertiary/aromatic N) is 2. The summed E-state index contributed by atoms with van der Waals surface area (Å²) in [4.78, 5) is 30.0. The molecule has 174 valence electrons. The Hall–Kier alpha value is -3.36. The van der Waals surface area contributed by atoms with Gasteiger partial charge < -0.3 is 23.9 Å². The van der Waals surface area contributed by atoms with Gasteiger partial charge in [-0.2, -0.15) is 0 Å². The monoisotopic (exact) mass is 452 g/mol. The highest BCUT2D eigenvalue weighted by Crippen LogP contribution is 2.39. The highest BCUT2D eigenvalue weighted by molar-refractivity contribution is 6.14. The Morgan fingerprint density at radius 3 is 2.76 bits per heavy atom. The molecule has 1 aromatic carbocycles. The number of morpholine rings is 1. The molecule has 1 aromatic heterocycles. The SMILES string of the molecule is COc1cccc([C@@H]2C(C(=O)/C=C/c3ccco3)=C(O)C(=O)N2CCCN2CCOCC2)c1. The second kappa shape index (κ2) is 10.5. The normalized spacial score (nSPS) is 19.6. The van der Waals surface area contributed by atoms with E-state index in [4.69, 9.17) is 13.9 Å². The standard InChI is InChI=1S/C25H28N2O6/c1-31-20-6-2-5-18(17-20)23-22(21(28)9-8-19-7-3-14-33-19)24(29)25(30)27(23)11-4-10-26-12-15-32-16-13-26/h2-3,5-9,14,17,23,29H,4,10-13,15-16H2,1H3/b9-8+/t23-/m1/s1. The number of ether oxygens (including phenoxy) is 2. The molecule has 4 rings (SSSR count). The summed E-state index contributed by atoms with van der Waals surface area (Å²) in [5.74, 6) is -0.380. The quantitative estimate of drug-likeness (QED) is 0.585. The minimum absolute atomic E-state index is 0.0578. The first-order valence-corrected chi connectivity index (χ1v) is 11.0. The molecule has 1 N–H and O–H groups in total. The van der Waals surface area contributed by atoms with Crippen LogP contribution in [0, 0.1) is 0 Å². The largest absolute Gasteiger partial charge is 0.503 e. The van der Waals surface area contributed by atoms with E-state index in [1.54, 1.807) is 42.3 Å². The Bertz CT molecular complexity index is 1040. The Morgan fingerprint density at radius 1 is 1.21 bits per heavy atom. The van der Waals surface area contributed by atoms with E-state index in [1.807, 2.05) is 6.07 Å². The van der Waals surface area contributed by atoms with Crippen molar-refractivity contribution in [2.45, 2.75) is 12.5 Å². The molecule has 1 amide bonds. The fraction of sp³-hybridized carbons (Fsp3) is 0.360. The number of amides is 1. The molecule has 0 spiro atoms. The smallest absolute Gasteiger partial charge is 0.290 e. The molecule has 1 atom stereocenters. The molecule has 2 aliphatic rings. The minimum Gasteiger partial charge on any atom is -0.503 e. The van der Waals surface area contributed by atoms with E-state index >= 15 is 0 Å². The molecule has 3 heterocycles. The number of aliphatic hydroxyl groups excluding tert-OH is 1. The summed E-state index contributed by atoms with van der Waals surface area (Å²) in [6.45, 7) is 4.34. The van der Waals surface area contributed by atoms with Crippen molar-refractivity contribution in [3.8, 4) is 5.75 Å². The first-order valence-electron chi connectivity index (χ1n) is 11.0. The maximum Gasteiger partial charge on any atom is 0.290 e. The summed E-state index contributed by atoms with van der Waals surface area (Å²) in [6, 6.07) is 9.95. The predicted octanol–water partition coefficient (Wildman–Crippen LogP) is 2.99. The topological polar surface area (TPSA) is 92.5 Å². The Kier molecular flexibility index (Phi) is 7.26. The molecule has 2 aromatic rings. The third kappa shape index (κ3) is 5.18. The van der Waals surface area contributed by atoms with E-state index in [9.17, 15) is 14.7 Å². The van der Waals surface area contributed by atoms with Crippen molar-refractivity contribution >= 4 is 17.8 Å². The number of ketones is 1. The summed E-state index contributed by atoms with van der Waals surface area (Å²) in [6.07, 6.45) is 5.07. The molecule has 2 aliphatic heterocycles. The molecule has 8 heteroatoms. The van der Waals surface area contributed by atoms with Crippen molar-refractivity contribution in [3.63, 3.8) is 0 Å². The second-order valence-electron chi connectivity index (χ2n) is 7.96. The van der Waals surface area contributed by atoms with Gasteiger partial charge in [0, 0.05) is 26.2 Å². The van der Waals surface area contributed by atoms with Crippen molar-refractivity contribution < 1.29 is 28.6 Å². The van der Waals surface area contributed by atoms with Crippen molar-refractivity contribution in [1.82, 2.24) is 9.80 Å². The molecule has 0 saturated carbocycles. The maximum atomic E-state index is 13.1. The zero-order valence-corrected chi connectivity index (χ0v) is 18.6. The summed E-state index contributed by atoms with van der Waals surface area (Å²) in [5, 5.41) is 10.7. The lowest BCUT2D eigenvalue weighted by atomic mass is 9.95. The number of hydrogen-bond acceptors (Lipinski definition) is 7. The van der Waals surface area contributed by atoms with E-state index in [1.165, 1.54) is 18.4 Å². The molecule has 0 aliphatic carbocycles. The van der Waals surface area contributed by atoms with Gasteiger partial charge in [-0.3, -0.25) is 14.5 Å². The molecular weight excluding hydrogens is 424 g/mol. The van der Waals surface area contributed by atoms with Gasteiger partial charge in [-0.1, -0.05) is 12.1 Å². The lowest BCUT2D eigenvalue weighted by Gasteiger charge is -2.30. The molecule has 1 fully saturated rings. The van der Waals surface area contributed by atoms with Gasteiger partial charge >= 0.3 is 0 Å². The molecule has 0 bridgehead atoms. The third-order valence-electron chi connectivity index (χ3n) is 5.90. The van der Waals surface area contributed by atoms with Crippen LogP contribution < -0.4 is 4.74 Å². The van der Waals surface area contributed by atoms with Gasteiger partial charge in [0.1, 0.15) is 11.5 Å². The van der Waals surface area contributed by atoms with Gasteiger partial charge in [0.05, 0.1) is 38.2 Å². The molecule has 1 saturated heterocycles. The fourth-order valence-electron chi connectivity index (χ4n) is 4.22. The number of rotatable bonds is 9. The van der Waals surface area contributed by atoms with Gasteiger partial charge in [-0.05, 0) is 48.4 Å². The average molecular weight is 453 g/mol. The van der Waals surface area contributed by atoms with E-state index in [2.05, 4.69) is 4.90 Å². The molecule has 0 radical (unpaired) electrons. The Balaban J connectivity index is 1.58. The van der Waals surface area contributed by atoms with Crippen LogP contribution in [-0.2, 0) is 14.3 Å². The fourth-order valence-corrected chi connectivity index (χ4v) is 4.22. The highest BCUT2D eigenvalue weighted by atomic mass is 16.5. The summed E-state index contributed by atoms with van der Waals surface area (Å²) < 4.78 is 16.0. The van der Waals surface area contributed by atoms with Crippen LogP contribution in [0.5, 0.6) is 5.75 Å². The van der Waals surface area contributed by atoms with Crippen LogP contribution in [-0.4, -0.2) is 73.1 Å². The number of furan rings is 1. The Labute approximate surface area is 192 Å². The van der Waals surface area contributed by atoms with Gasteiger partial charge in [-0.15, -0.1) is 0 Å². The van der Waals surface area contributed by atoms with Gasteiger partial charge in [0.25, 0.3) is 5.91 Å². The van der Waals surface area contributed by atoms with E-state index < -0.39 is 23.5 Å². The number of carbonyl (C=O) groups excluding carboxylic acids is 2. The number of benzene rings is 1. The molecule has 33 heavy (non-hydrogen) atoms. The van der Waals surface area contributed by atoms with Gasteiger partial charge in [0.2, 0.25) is 0 Å². The Morgan fingerprint density at radius 2 is 2.03 bits per heavy atom. The first-order chi connectivity index (χ1) is 16.1. The van der Waals surface area contributed by atoms with E-state index in [0.717, 1.165) is 19.6 Å². The van der Waals surface area contributed by atoms with Crippen LogP contribution in [0.4, 0.5) is 0 Å². The van der Waals surface area contributed by atoms with E-state index in [0.29, 0.717) is 43.3 Å². The lowest BCUT2D eigenvalue weighted by molar-refractivity contribution is -0.129. The summed E-state index contributed by atoms with van der Waals surface area (Å²) >= 11 is 0. The van der Waals surface area contributed by atoms with Crippen molar-refractivity contribution in [1.29, 1.82) is 0 Å². The number of aliphatic hydroxyl groups is 1. The number of allylic oxidation sites excluding steroid dienone is 1. The van der Waals surface area contributed by atoms with Crippen molar-refractivity contribution in [3.05, 3.63) is 71.4 Å². The lowest BCUT2D eigenvalue weighted by Crippen LogP contribution is -2.39. The number of methoxy groups -OCH3 is 1. The second-order valence-corrected chi connectivity index (χ2v) is 7.96. The van der Waals surface area contributed by atoms with Crippen LogP contribution in [0.25, 0.3) is 6.08 Å². The van der Waals surface area contributed by atoms with Crippen molar-refractivity contribution in [2.75, 3.05) is 46.5 Å². The molecular formula is C25H28N2O6. The number of carbonyl (C=O) groups is 2. The average Bonchev–Trinajstić information content (AvgIpc) is 3.45. The zero-order valence-electron chi connectivity index (χ0n) is 18.6. The molecule has 0 unspecified atom stereocenters. The zero-order chi connectivity index (χ0) is 23.2. The van der Waals surface area contributed by atoms with E-state index in [-0.39, 0.29) is 5.57 Å². The van der Waals surface area contributed by atoms with Gasteiger partial charge in [0.15, 0.2) is 11.5 Å². The predicted molar refractivity (Wildman–Crippen MR) is 122 cm³/mol. The van der Waals surface area contributed by atoms with Crippen LogP contribution in [0.3, 0.4) is 0 Å². The minimum atomic E-state index is -0.703. The molecule has 8 nitrogen and oxygen atoms in total. The van der Waals surface area contributed by atoms with Crippen LogP contribution in [0.1, 0.15) is 23.8 Å². The van der Waals surface area contributed by atoms with Crippen LogP contribution in [0.15, 0.2) is 64.5 Å². The summed E-state index contributed by atoms with van der Waals surface area (Å²) in [7, 11) is 1.56. The van der Waals surface area contributed by atoms with Crippen LogP contribution >= 0.6 is 0 Å². The maximum absolute atomic E-state index is 13.1. The first kappa shape index (κ1) is 22.8. The third-order valence-corrected chi connectivity index (χ3v) is 5.90. The summed E-state index contributed by atoms with van der Waals surface area (Å²) in [5.41, 5.74) is 0.760.